The molecule has 0 amide bonds. The smallest absolute Gasteiger partial charge is 0.0105 e. The number of rotatable bonds is 1. The fourth-order valence-electron chi connectivity index (χ4n) is 2.63. The molecule has 3 aromatic carbocycles. The third-order valence-corrected chi connectivity index (χ3v) is 3.83. The van der Waals surface area contributed by atoms with Crippen molar-refractivity contribution in [2.75, 3.05) is 0 Å². The van der Waals surface area contributed by atoms with E-state index in [9.17, 15) is 0 Å². The molecule has 0 fully saturated rings. The summed E-state index contributed by atoms with van der Waals surface area (Å²) in [5.41, 5.74) is 4.17. The zero-order valence-electron chi connectivity index (χ0n) is 12.4. The van der Waals surface area contributed by atoms with Gasteiger partial charge < -0.3 is 0 Å². The fraction of sp³-hybridized carbons (Fsp3) is 0.200. The molecule has 0 radical (unpaired) electrons. The van der Waals surface area contributed by atoms with Gasteiger partial charge in [0.15, 0.2) is 0 Å². The molecule has 0 aliphatic carbocycles. The van der Waals surface area contributed by atoms with Crippen LogP contribution in [0.3, 0.4) is 0 Å². The minimum Gasteiger partial charge on any atom is -0.0616 e. The highest BCUT2D eigenvalue weighted by molar-refractivity contribution is 5.96. The van der Waals surface area contributed by atoms with Gasteiger partial charge in [0, 0.05) is 0 Å². The van der Waals surface area contributed by atoms with Gasteiger partial charge in [-0.05, 0) is 32.9 Å². The molecule has 0 heterocycles. The van der Waals surface area contributed by atoms with Crippen molar-refractivity contribution in [2.24, 2.45) is 0 Å². The molecule has 0 aromatic heterocycles. The average molecular weight is 260 g/mol. The normalized spacial score (nSPS) is 11.8. The van der Waals surface area contributed by atoms with Crippen molar-refractivity contribution in [3.05, 3.63) is 72.3 Å². The molecule has 0 saturated carbocycles. The molecule has 0 N–H and O–H groups in total. The van der Waals surface area contributed by atoms with E-state index in [1.165, 1.54) is 27.5 Å². The molecule has 100 valence electrons. The standard InChI is InChI=1S/C20H20/c1-20(2,3)17-11-6-10-16(14-17)19-13-7-9-15-8-4-5-12-18(15)19/h4-14H,1-3H3. The Labute approximate surface area is 121 Å². The third-order valence-electron chi connectivity index (χ3n) is 3.83. The van der Waals surface area contributed by atoms with E-state index in [4.69, 9.17) is 0 Å². The summed E-state index contributed by atoms with van der Waals surface area (Å²) in [4.78, 5) is 0. The summed E-state index contributed by atoms with van der Waals surface area (Å²) in [5, 5.41) is 2.62. The van der Waals surface area contributed by atoms with Gasteiger partial charge in [-0.3, -0.25) is 0 Å². The third kappa shape index (κ3) is 2.34. The predicted molar refractivity (Wildman–Crippen MR) is 88.1 cm³/mol. The van der Waals surface area contributed by atoms with Gasteiger partial charge in [-0.1, -0.05) is 87.5 Å². The van der Waals surface area contributed by atoms with E-state index >= 15 is 0 Å². The number of benzene rings is 3. The SMILES string of the molecule is CC(C)(C)c1cccc(-c2cccc3ccccc23)c1. The van der Waals surface area contributed by atoms with Crippen LogP contribution in [0.2, 0.25) is 0 Å². The molecule has 0 spiro atoms. The van der Waals surface area contributed by atoms with E-state index in [1.807, 2.05) is 0 Å². The highest BCUT2D eigenvalue weighted by Crippen LogP contribution is 2.31. The summed E-state index contributed by atoms with van der Waals surface area (Å²) >= 11 is 0. The Morgan fingerprint density at radius 1 is 0.700 bits per heavy atom. The van der Waals surface area contributed by atoms with Crippen molar-refractivity contribution < 1.29 is 0 Å². The van der Waals surface area contributed by atoms with E-state index < -0.39 is 0 Å². The van der Waals surface area contributed by atoms with Crippen LogP contribution in [0.5, 0.6) is 0 Å². The fourth-order valence-corrected chi connectivity index (χ4v) is 2.63. The van der Waals surface area contributed by atoms with Gasteiger partial charge in [-0.25, -0.2) is 0 Å². The molecule has 0 atom stereocenters. The summed E-state index contributed by atoms with van der Waals surface area (Å²) in [6.45, 7) is 6.78. The molecule has 20 heavy (non-hydrogen) atoms. The first kappa shape index (κ1) is 12.9. The second-order valence-electron chi connectivity index (χ2n) is 6.36. The molecular formula is C20H20. The molecule has 3 rings (SSSR count). The van der Waals surface area contributed by atoms with Crippen molar-refractivity contribution in [2.45, 2.75) is 26.2 Å². The van der Waals surface area contributed by atoms with Crippen LogP contribution in [-0.4, -0.2) is 0 Å². The first-order valence-electron chi connectivity index (χ1n) is 7.14. The van der Waals surface area contributed by atoms with Crippen molar-refractivity contribution >= 4 is 10.8 Å². The number of hydrogen-bond donors (Lipinski definition) is 0. The van der Waals surface area contributed by atoms with Crippen LogP contribution in [0.25, 0.3) is 21.9 Å². The van der Waals surface area contributed by atoms with Gasteiger partial charge in [-0.2, -0.15) is 0 Å². The van der Waals surface area contributed by atoms with Crippen LogP contribution >= 0.6 is 0 Å². The largest absolute Gasteiger partial charge is 0.0616 e. The van der Waals surface area contributed by atoms with Gasteiger partial charge >= 0.3 is 0 Å². The Morgan fingerprint density at radius 2 is 1.40 bits per heavy atom. The van der Waals surface area contributed by atoms with Gasteiger partial charge in [-0.15, -0.1) is 0 Å². The van der Waals surface area contributed by atoms with Crippen LogP contribution < -0.4 is 0 Å². The Balaban J connectivity index is 2.21. The van der Waals surface area contributed by atoms with Crippen molar-refractivity contribution in [3.63, 3.8) is 0 Å². The van der Waals surface area contributed by atoms with Gasteiger partial charge in [0.05, 0.1) is 0 Å². The lowest BCUT2D eigenvalue weighted by atomic mass is 9.85. The second kappa shape index (κ2) is 4.79. The number of hydrogen-bond acceptors (Lipinski definition) is 0. The van der Waals surface area contributed by atoms with Crippen LogP contribution in [0, 0.1) is 0 Å². The van der Waals surface area contributed by atoms with Crippen molar-refractivity contribution in [1.29, 1.82) is 0 Å². The minimum atomic E-state index is 0.181. The maximum absolute atomic E-state index is 2.32. The maximum atomic E-state index is 2.32. The molecule has 0 aliphatic rings. The maximum Gasteiger partial charge on any atom is -0.0105 e. The van der Waals surface area contributed by atoms with Crippen LogP contribution in [-0.2, 0) is 5.41 Å². The summed E-state index contributed by atoms with van der Waals surface area (Å²) < 4.78 is 0. The molecule has 3 aromatic rings. The second-order valence-corrected chi connectivity index (χ2v) is 6.36. The zero-order valence-corrected chi connectivity index (χ0v) is 12.4. The molecule has 0 saturated heterocycles. The summed E-state index contributed by atoms with van der Waals surface area (Å²) in [6, 6.07) is 24.0. The Hall–Kier alpha value is -2.08. The van der Waals surface area contributed by atoms with Gasteiger partial charge in [0.1, 0.15) is 0 Å². The van der Waals surface area contributed by atoms with E-state index in [2.05, 4.69) is 87.5 Å². The lowest BCUT2D eigenvalue weighted by Crippen LogP contribution is -2.10. The average Bonchev–Trinajstić information content (AvgIpc) is 2.46. The molecule has 0 aliphatic heterocycles. The molecular weight excluding hydrogens is 240 g/mol. The summed E-state index contributed by atoms with van der Waals surface area (Å²) in [5.74, 6) is 0. The van der Waals surface area contributed by atoms with E-state index in [0.29, 0.717) is 0 Å². The lowest BCUT2D eigenvalue weighted by molar-refractivity contribution is 0.590. The Kier molecular flexibility index (Phi) is 3.10. The minimum absolute atomic E-state index is 0.181. The van der Waals surface area contributed by atoms with Crippen LogP contribution in [0.4, 0.5) is 0 Å². The quantitative estimate of drug-likeness (QED) is 0.518. The lowest BCUT2D eigenvalue weighted by Gasteiger charge is -2.20. The summed E-state index contributed by atoms with van der Waals surface area (Å²) in [7, 11) is 0. The van der Waals surface area contributed by atoms with Crippen molar-refractivity contribution in [1.82, 2.24) is 0 Å². The molecule has 0 nitrogen and oxygen atoms in total. The molecule has 0 heteroatoms. The van der Waals surface area contributed by atoms with Crippen molar-refractivity contribution in [3.8, 4) is 11.1 Å². The van der Waals surface area contributed by atoms with Gasteiger partial charge in [0.25, 0.3) is 0 Å². The molecule has 0 unspecified atom stereocenters. The first-order valence-corrected chi connectivity index (χ1v) is 7.14. The van der Waals surface area contributed by atoms with E-state index in [-0.39, 0.29) is 5.41 Å². The van der Waals surface area contributed by atoms with Crippen LogP contribution in [0.15, 0.2) is 66.7 Å². The number of fused-ring (bicyclic) bond motifs is 1. The Morgan fingerprint density at radius 3 is 2.20 bits per heavy atom. The first-order chi connectivity index (χ1) is 9.55. The van der Waals surface area contributed by atoms with E-state index in [0.717, 1.165) is 0 Å². The van der Waals surface area contributed by atoms with Crippen LogP contribution in [0.1, 0.15) is 26.3 Å². The summed E-state index contributed by atoms with van der Waals surface area (Å²) in [6.07, 6.45) is 0. The highest BCUT2D eigenvalue weighted by atomic mass is 14.2. The topological polar surface area (TPSA) is 0 Å². The van der Waals surface area contributed by atoms with Gasteiger partial charge in [0.2, 0.25) is 0 Å². The Bertz CT molecular complexity index is 740. The highest BCUT2D eigenvalue weighted by Gasteiger charge is 2.14. The zero-order chi connectivity index (χ0) is 14.2. The van der Waals surface area contributed by atoms with E-state index in [1.54, 1.807) is 0 Å². The monoisotopic (exact) mass is 260 g/mol. The molecule has 0 bridgehead atoms. The predicted octanol–water partition coefficient (Wildman–Crippen LogP) is 5.80.